The van der Waals surface area contributed by atoms with Gasteiger partial charge >= 0.3 is 0 Å². The van der Waals surface area contributed by atoms with Crippen LogP contribution in [0.2, 0.25) is 10.0 Å². The fraction of sp³-hybridized carbons (Fsp3) is 0.0909. The number of hydrogen-bond donors (Lipinski definition) is 1. The van der Waals surface area contributed by atoms with Crippen LogP contribution in [0.5, 0.6) is 0 Å². The fourth-order valence-corrected chi connectivity index (χ4v) is 2.79. The molecule has 3 rings (SSSR count). The molecule has 0 aliphatic rings. The topological polar surface area (TPSA) is 56.2 Å². The molecule has 0 amide bonds. The van der Waals surface area contributed by atoms with E-state index in [1.807, 2.05) is 6.20 Å². The van der Waals surface area contributed by atoms with Gasteiger partial charge in [-0.15, -0.1) is 0 Å². The Morgan fingerprint density at radius 3 is 2.89 bits per heavy atom. The summed E-state index contributed by atoms with van der Waals surface area (Å²) in [5.74, 6) is 0. The highest BCUT2D eigenvalue weighted by Gasteiger charge is 2.11. The summed E-state index contributed by atoms with van der Waals surface area (Å²) < 4.78 is 1.71. The number of benzene rings is 1. The largest absolute Gasteiger partial charge is 0.324 e. The first-order valence-corrected chi connectivity index (χ1v) is 6.75. The summed E-state index contributed by atoms with van der Waals surface area (Å²) in [4.78, 5) is 5.27. The number of nitrogens with zero attached hydrogens (tertiary/aromatic N) is 3. The Hall–Kier alpha value is -1.14. The molecule has 0 aliphatic carbocycles. The van der Waals surface area contributed by atoms with Gasteiger partial charge in [0.1, 0.15) is 5.01 Å². The third kappa shape index (κ3) is 1.99. The number of rotatable bonds is 2. The van der Waals surface area contributed by atoms with E-state index >= 15 is 0 Å². The number of imidazole rings is 1. The third-order valence-corrected chi connectivity index (χ3v) is 3.97. The number of fused-ring (bicyclic) bond motifs is 1. The van der Waals surface area contributed by atoms with Crippen molar-refractivity contribution in [1.29, 1.82) is 0 Å². The number of nitrogens with two attached hydrogens (primary N) is 1. The zero-order chi connectivity index (χ0) is 12.7. The van der Waals surface area contributed by atoms with Crippen LogP contribution in [0.1, 0.15) is 5.01 Å². The molecule has 2 heterocycles. The van der Waals surface area contributed by atoms with Crippen molar-refractivity contribution in [2.75, 3.05) is 0 Å². The molecule has 92 valence electrons. The molecule has 0 aliphatic heterocycles. The highest BCUT2D eigenvalue weighted by Crippen LogP contribution is 2.30. The van der Waals surface area contributed by atoms with Crippen LogP contribution in [0.3, 0.4) is 0 Å². The maximum absolute atomic E-state index is 6.14. The van der Waals surface area contributed by atoms with E-state index in [0.717, 1.165) is 21.2 Å². The Bertz CT molecular complexity index is 687. The molecule has 2 aromatic heterocycles. The molecular weight excluding hydrogens is 291 g/mol. The fourth-order valence-electron chi connectivity index (χ4n) is 1.65. The van der Waals surface area contributed by atoms with Gasteiger partial charge < -0.3 is 5.73 Å². The number of hydrogen-bond acceptors (Lipinski definition) is 4. The summed E-state index contributed by atoms with van der Waals surface area (Å²) in [6.45, 7) is 0.418. The molecule has 0 unspecified atom stereocenters. The zero-order valence-electron chi connectivity index (χ0n) is 9.10. The van der Waals surface area contributed by atoms with Crippen LogP contribution in [-0.2, 0) is 6.54 Å². The van der Waals surface area contributed by atoms with Gasteiger partial charge in [0.05, 0.1) is 16.9 Å². The van der Waals surface area contributed by atoms with Crippen LogP contribution in [0.15, 0.2) is 24.4 Å². The molecule has 0 spiro atoms. The van der Waals surface area contributed by atoms with Gasteiger partial charge in [0, 0.05) is 17.1 Å². The van der Waals surface area contributed by atoms with Crippen molar-refractivity contribution in [2.45, 2.75) is 6.54 Å². The maximum atomic E-state index is 6.14. The lowest BCUT2D eigenvalue weighted by atomic mass is 10.2. The van der Waals surface area contributed by atoms with Gasteiger partial charge in [0.15, 0.2) is 0 Å². The van der Waals surface area contributed by atoms with E-state index in [-0.39, 0.29) is 0 Å². The summed E-state index contributed by atoms with van der Waals surface area (Å²) >= 11 is 13.6. The summed E-state index contributed by atoms with van der Waals surface area (Å²) in [6, 6.07) is 5.29. The van der Waals surface area contributed by atoms with E-state index in [1.165, 1.54) is 11.3 Å². The lowest BCUT2D eigenvalue weighted by Crippen LogP contribution is -1.95. The van der Waals surface area contributed by atoms with Crippen molar-refractivity contribution in [3.8, 4) is 11.3 Å². The SMILES string of the molecule is NCc1nn2cc(-c3cc(Cl)ccc3Cl)nc2s1. The molecule has 0 saturated carbocycles. The normalized spacial score (nSPS) is 11.3. The van der Waals surface area contributed by atoms with E-state index in [1.54, 1.807) is 22.7 Å². The molecule has 0 radical (unpaired) electrons. The Kier molecular flexibility index (Phi) is 2.99. The van der Waals surface area contributed by atoms with Crippen molar-refractivity contribution < 1.29 is 0 Å². The van der Waals surface area contributed by atoms with Crippen molar-refractivity contribution in [3.63, 3.8) is 0 Å². The summed E-state index contributed by atoms with van der Waals surface area (Å²) in [6.07, 6.45) is 1.82. The van der Waals surface area contributed by atoms with Gasteiger partial charge in [-0.1, -0.05) is 34.5 Å². The molecule has 3 aromatic rings. The average Bonchev–Trinajstić information content (AvgIpc) is 2.89. The number of aromatic nitrogens is 3. The first kappa shape index (κ1) is 11.9. The van der Waals surface area contributed by atoms with Crippen LogP contribution < -0.4 is 5.73 Å². The molecule has 7 heteroatoms. The smallest absolute Gasteiger partial charge is 0.212 e. The van der Waals surface area contributed by atoms with Crippen LogP contribution in [0, 0.1) is 0 Å². The first-order chi connectivity index (χ1) is 8.67. The highest BCUT2D eigenvalue weighted by molar-refractivity contribution is 7.16. The zero-order valence-corrected chi connectivity index (χ0v) is 11.4. The van der Waals surface area contributed by atoms with Gasteiger partial charge in [-0.05, 0) is 18.2 Å². The minimum Gasteiger partial charge on any atom is -0.324 e. The minimum absolute atomic E-state index is 0.418. The van der Waals surface area contributed by atoms with Crippen LogP contribution in [-0.4, -0.2) is 14.6 Å². The van der Waals surface area contributed by atoms with Crippen molar-refractivity contribution in [2.24, 2.45) is 5.73 Å². The van der Waals surface area contributed by atoms with Crippen LogP contribution >= 0.6 is 34.5 Å². The molecule has 0 bridgehead atoms. The van der Waals surface area contributed by atoms with E-state index in [9.17, 15) is 0 Å². The Morgan fingerprint density at radius 2 is 2.17 bits per heavy atom. The standard InChI is InChI=1S/C11H8Cl2N4S/c12-6-1-2-8(13)7(3-6)9-5-17-11(15-9)18-10(4-14)16-17/h1-3,5H,4,14H2. The van der Waals surface area contributed by atoms with Gasteiger partial charge in [-0.25, -0.2) is 9.50 Å². The van der Waals surface area contributed by atoms with Crippen molar-refractivity contribution >= 4 is 39.5 Å². The van der Waals surface area contributed by atoms with Gasteiger partial charge in [0.2, 0.25) is 4.96 Å². The van der Waals surface area contributed by atoms with E-state index in [0.29, 0.717) is 16.6 Å². The lowest BCUT2D eigenvalue weighted by Gasteiger charge is -2.00. The molecule has 0 atom stereocenters. The second-order valence-electron chi connectivity index (χ2n) is 3.68. The minimum atomic E-state index is 0.418. The Labute approximate surface area is 117 Å². The molecular formula is C11H8Cl2N4S. The molecule has 0 fully saturated rings. The Morgan fingerprint density at radius 1 is 1.33 bits per heavy atom. The molecule has 4 nitrogen and oxygen atoms in total. The maximum Gasteiger partial charge on any atom is 0.212 e. The van der Waals surface area contributed by atoms with Crippen LogP contribution in [0.25, 0.3) is 16.2 Å². The summed E-state index contributed by atoms with van der Waals surface area (Å²) in [5, 5.41) is 6.39. The average molecular weight is 299 g/mol. The van der Waals surface area contributed by atoms with E-state index < -0.39 is 0 Å². The molecule has 0 saturated heterocycles. The van der Waals surface area contributed by atoms with E-state index in [2.05, 4.69) is 10.1 Å². The van der Waals surface area contributed by atoms with Crippen molar-refractivity contribution in [1.82, 2.24) is 14.6 Å². The second-order valence-corrected chi connectivity index (χ2v) is 5.56. The van der Waals surface area contributed by atoms with Gasteiger partial charge in [-0.2, -0.15) is 5.10 Å². The molecule has 1 aromatic carbocycles. The van der Waals surface area contributed by atoms with E-state index in [4.69, 9.17) is 28.9 Å². The van der Waals surface area contributed by atoms with Gasteiger partial charge in [-0.3, -0.25) is 0 Å². The second kappa shape index (κ2) is 4.51. The monoisotopic (exact) mass is 298 g/mol. The first-order valence-electron chi connectivity index (χ1n) is 5.18. The predicted octanol–water partition coefficient (Wildman–Crippen LogP) is 3.22. The van der Waals surface area contributed by atoms with Crippen LogP contribution in [0.4, 0.5) is 0 Å². The molecule has 18 heavy (non-hydrogen) atoms. The number of halogens is 2. The predicted molar refractivity (Wildman–Crippen MR) is 74.2 cm³/mol. The highest BCUT2D eigenvalue weighted by atomic mass is 35.5. The summed E-state index contributed by atoms with van der Waals surface area (Å²) in [5.41, 5.74) is 7.09. The Balaban J connectivity index is 2.13. The lowest BCUT2D eigenvalue weighted by molar-refractivity contribution is 0.897. The van der Waals surface area contributed by atoms with Gasteiger partial charge in [0.25, 0.3) is 0 Å². The van der Waals surface area contributed by atoms with Crippen molar-refractivity contribution in [3.05, 3.63) is 39.4 Å². The third-order valence-electron chi connectivity index (χ3n) is 2.46. The summed E-state index contributed by atoms with van der Waals surface area (Å²) in [7, 11) is 0. The molecule has 2 N–H and O–H groups in total. The quantitative estimate of drug-likeness (QED) is 0.790.